The zero-order chi connectivity index (χ0) is 32.0. The molecular weight excluding hydrogens is 574 g/mol. The van der Waals surface area contributed by atoms with Crippen molar-refractivity contribution in [2.45, 2.75) is 88.3 Å². The minimum Gasteiger partial charge on any atom is -0.494 e. The average molecular weight is 626 g/mol. The van der Waals surface area contributed by atoms with E-state index in [4.69, 9.17) is 4.74 Å². The fraction of sp³-hybridized carbons (Fsp3) is 0.629. The van der Waals surface area contributed by atoms with Gasteiger partial charge in [0, 0.05) is 30.6 Å². The van der Waals surface area contributed by atoms with Gasteiger partial charge in [-0.3, -0.25) is 14.4 Å². The molecule has 3 saturated heterocycles. The molecule has 1 N–H and O–H groups in total. The second kappa shape index (κ2) is 15.0. The molecule has 3 amide bonds. The number of amides is 3. The van der Waals surface area contributed by atoms with Gasteiger partial charge in [-0.05, 0) is 56.4 Å². The van der Waals surface area contributed by atoms with Crippen LogP contribution in [0.3, 0.4) is 0 Å². The Morgan fingerprint density at radius 3 is 2.43 bits per heavy atom. The summed E-state index contributed by atoms with van der Waals surface area (Å²) >= 11 is 1.67. The molecule has 8 nitrogen and oxygen atoms in total. The minimum absolute atomic E-state index is 0.0140. The van der Waals surface area contributed by atoms with Crippen LogP contribution in [-0.2, 0) is 14.4 Å². The van der Waals surface area contributed by atoms with E-state index in [1.54, 1.807) is 33.7 Å². The van der Waals surface area contributed by atoms with E-state index in [-0.39, 0.29) is 35.5 Å². The second-order valence-electron chi connectivity index (χ2n) is 12.4. The molecule has 3 aliphatic heterocycles. The molecule has 7 atom stereocenters. The summed E-state index contributed by atoms with van der Waals surface area (Å²) < 4.78 is 4.89. The van der Waals surface area contributed by atoms with Gasteiger partial charge in [-0.1, -0.05) is 52.2 Å². The van der Waals surface area contributed by atoms with E-state index in [1.165, 1.54) is 0 Å². The molecule has 1 aromatic rings. The van der Waals surface area contributed by atoms with Gasteiger partial charge in [0.05, 0.1) is 35.8 Å². The predicted molar refractivity (Wildman–Crippen MR) is 178 cm³/mol. The first kappa shape index (κ1) is 34.1. The predicted octanol–water partition coefficient (Wildman–Crippen LogP) is 5.31. The molecule has 0 radical (unpaired) electrons. The van der Waals surface area contributed by atoms with Crippen molar-refractivity contribution in [1.82, 2.24) is 9.80 Å². The number of unbranched alkanes of at least 4 members (excludes halogenated alkanes) is 2. The van der Waals surface area contributed by atoms with Crippen LogP contribution in [0.5, 0.6) is 5.75 Å². The number of aliphatic hydroxyl groups is 1. The third-order valence-corrected chi connectivity index (χ3v) is 11.8. The monoisotopic (exact) mass is 625 g/mol. The van der Waals surface area contributed by atoms with Gasteiger partial charge >= 0.3 is 0 Å². The highest BCUT2D eigenvalue weighted by Gasteiger charge is 2.74. The average Bonchev–Trinajstić information content (AvgIpc) is 3.67. The first-order valence-corrected chi connectivity index (χ1v) is 17.3. The zero-order valence-corrected chi connectivity index (χ0v) is 27.8. The number of hydrogen-bond acceptors (Lipinski definition) is 6. The van der Waals surface area contributed by atoms with Crippen molar-refractivity contribution in [3.8, 4) is 5.75 Å². The lowest BCUT2D eigenvalue weighted by Gasteiger charge is -2.41. The summed E-state index contributed by atoms with van der Waals surface area (Å²) in [5.74, 6) is -0.876. The van der Waals surface area contributed by atoms with E-state index in [1.807, 2.05) is 49.9 Å². The number of carbonyl (C=O) groups excluding carboxylic acids is 3. The van der Waals surface area contributed by atoms with Gasteiger partial charge in [-0.15, -0.1) is 24.9 Å². The number of ether oxygens (including phenoxy) is 1. The molecule has 4 rings (SSSR count). The van der Waals surface area contributed by atoms with Crippen molar-refractivity contribution in [3.63, 3.8) is 0 Å². The molecule has 9 heteroatoms. The van der Waals surface area contributed by atoms with Crippen LogP contribution < -0.4 is 9.64 Å². The maximum atomic E-state index is 14.7. The molecule has 2 bridgehead atoms. The number of nitrogens with zero attached hydrogens (tertiary/aromatic N) is 3. The summed E-state index contributed by atoms with van der Waals surface area (Å²) in [6.07, 6.45) is 8.57. The first-order chi connectivity index (χ1) is 21.2. The van der Waals surface area contributed by atoms with Crippen LogP contribution in [0.2, 0.25) is 0 Å². The quantitative estimate of drug-likeness (QED) is 0.187. The Labute approximate surface area is 267 Å². The summed E-state index contributed by atoms with van der Waals surface area (Å²) in [7, 11) is 0. The summed E-state index contributed by atoms with van der Waals surface area (Å²) in [4.78, 5) is 49.1. The number of fused-ring (bicyclic) bond motifs is 1. The molecule has 2 unspecified atom stereocenters. The van der Waals surface area contributed by atoms with Crippen LogP contribution in [-0.4, -0.2) is 87.6 Å². The fourth-order valence-corrected chi connectivity index (χ4v) is 9.71. The molecule has 3 heterocycles. The zero-order valence-electron chi connectivity index (χ0n) is 27.0. The number of hydrogen-bond donors (Lipinski definition) is 1. The van der Waals surface area contributed by atoms with E-state index in [0.717, 1.165) is 43.5 Å². The smallest absolute Gasteiger partial charge is 0.247 e. The minimum atomic E-state index is -0.737. The van der Waals surface area contributed by atoms with Crippen LogP contribution in [0.1, 0.15) is 66.2 Å². The highest BCUT2D eigenvalue weighted by atomic mass is 32.2. The molecule has 3 aliphatic rings. The van der Waals surface area contributed by atoms with E-state index in [2.05, 4.69) is 20.1 Å². The van der Waals surface area contributed by atoms with Crippen molar-refractivity contribution in [1.29, 1.82) is 0 Å². The van der Waals surface area contributed by atoms with Crippen LogP contribution in [0.4, 0.5) is 5.69 Å². The number of benzene rings is 1. The van der Waals surface area contributed by atoms with Gasteiger partial charge < -0.3 is 24.5 Å². The van der Waals surface area contributed by atoms with Crippen LogP contribution in [0.15, 0.2) is 49.6 Å². The Hall–Kier alpha value is -2.78. The molecule has 242 valence electrons. The Kier molecular flexibility index (Phi) is 11.6. The van der Waals surface area contributed by atoms with Gasteiger partial charge in [0.2, 0.25) is 17.7 Å². The van der Waals surface area contributed by atoms with Crippen molar-refractivity contribution in [3.05, 3.63) is 49.6 Å². The van der Waals surface area contributed by atoms with Crippen molar-refractivity contribution >= 4 is 35.2 Å². The van der Waals surface area contributed by atoms with Crippen molar-refractivity contribution < 1.29 is 24.2 Å². The summed E-state index contributed by atoms with van der Waals surface area (Å²) in [5, 5.41) is 10.6. The Bertz CT molecular complexity index is 1190. The maximum Gasteiger partial charge on any atom is 0.247 e. The van der Waals surface area contributed by atoms with Gasteiger partial charge in [-0.25, -0.2) is 0 Å². The number of anilines is 1. The summed E-state index contributed by atoms with van der Waals surface area (Å²) in [6.45, 7) is 17.5. The van der Waals surface area contributed by atoms with Gasteiger partial charge in [-0.2, -0.15) is 0 Å². The lowest BCUT2D eigenvalue weighted by molar-refractivity contribution is -0.146. The summed E-state index contributed by atoms with van der Waals surface area (Å²) in [6, 6.07) is 6.19. The third kappa shape index (κ3) is 6.19. The lowest BCUT2D eigenvalue weighted by Crippen LogP contribution is -2.58. The molecule has 0 aliphatic carbocycles. The number of rotatable bonds is 17. The maximum absolute atomic E-state index is 14.7. The highest BCUT2D eigenvalue weighted by Crippen LogP contribution is 2.67. The largest absolute Gasteiger partial charge is 0.494 e. The Morgan fingerprint density at radius 1 is 1.14 bits per heavy atom. The van der Waals surface area contributed by atoms with Gasteiger partial charge in [0.15, 0.2) is 0 Å². The normalized spacial score (nSPS) is 26.7. The van der Waals surface area contributed by atoms with Gasteiger partial charge in [0.1, 0.15) is 11.8 Å². The molecule has 3 fully saturated rings. The first-order valence-electron chi connectivity index (χ1n) is 16.4. The Balaban J connectivity index is 1.76. The fourth-order valence-electron chi connectivity index (χ4n) is 7.52. The van der Waals surface area contributed by atoms with Crippen molar-refractivity contribution in [2.24, 2.45) is 17.8 Å². The van der Waals surface area contributed by atoms with Crippen molar-refractivity contribution in [2.75, 3.05) is 37.7 Å². The topological polar surface area (TPSA) is 90.4 Å². The Morgan fingerprint density at radius 2 is 1.84 bits per heavy atom. The van der Waals surface area contributed by atoms with Gasteiger partial charge in [0.25, 0.3) is 0 Å². The molecule has 1 aromatic carbocycles. The second-order valence-corrected chi connectivity index (χ2v) is 14.0. The number of carbonyl (C=O) groups is 3. The molecule has 0 saturated carbocycles. The molecule has 44 heavy (non-hydrogen) atoms. The molecule has 1 spiro atoms. The third-order valence-electron chi connectivity index (χ3n) is 9.83. The van der Waals surface area contributed by atoms with E-state index < -0.39 is 28.7 Å². The van der Waals surface area contributed by atoms with E-state index >= 15 is 0 Å². The number of aliphatic hydroxyl groups excluding tert-OH is 1. The number of thioether (sulfide) groups is 1. The number of likely N-dealkylation sites (tertiary alicyclic amines) is 1. The SMILES string of the molecule is C=CCN(CCCCC)C(=O)C1N([C@@H](CO)[C@@H](C)CC)C(=O)[C@@H]2[C@H](C(=O)N(CC=C)c3ccc(OCC)cc3)[C@@H]3CCC12S3. The molecule has 0 aromatic heterocycles. The lowest BCUT2D eigenvalue weighted by atomic mass is 9.70. The van der Waals surface area contributed by atoms with E-state index in [0.29, 0.717) is 32.7 Å². The van der Waals surface area contributed by atoms with E-state index in [9.17, 15) is 19.5 Å². The van der Waals surface area contributed by atoms with Crippen LogP contribution in [0.25, 0.3) is 0 Å². The highest BCUT2D eigenvalue weighted by molar-refractivity contribution is 8.02. The van der Waals surface area contributed by atoms with Crippen LogP contribution >= 0.6 is 11.8 Å². The van der Waals surface area contributed by atoms with Crippen LogP contribution in [0, 0.1) is 17.8 Å². The standard InChI is InChI=1S/C35H51N3O5S/c1-7-12-13-22-36(20-8-2)34(42)31-35-19-18-28(44-35)29(30(35)33(41)38(31)27(23-39)24(6)10-4)32(40)37(21-9-3)25-14-16-26(17-15-25)43-11-5/h8-9,14-17,24,27-31,39H,2-3,7,10-13,18-23H2,1,4-6H3/t24-,27-,28-,29+,30-,31?,35?/m0/s1. The summed E-state index contributed by atoms with van der Waals surface area (Å²) in [5.41, 5.74) is 0.719. The molecular formula is C35H51N3O5S.